The summed E-state index contributed by atoms with van der Waals surface area (Å²) in [6.07, 6.45) is 2.00. The average Bonchev–Trinajstić information content (AvgIpc) is 2.16. The minimum Gasteiger partial charge on any atom is -0.447 e. The van der Waals surface area contributed by atoms with Crippen LogP contribution >= 0.6 is 0 Å². The van der Waals surface area contributed by atoms with E-state index >= 15 is 0 Å². The molecule has 1 aliphatic heterocycles. The Morgan fingerprint density at radius 1 is 1.38 bits per heavy atom. The fraction of sp³-hybridized carbons (Fsp3) is 0.917. The van der Waals surface area contributed by atoms with Crippen molar-refractivity contribution in [2.75, 3.05) is 33.7 Å². The van der Waals surface area contributed by atoms with Crippen LogP contribution < -0.4 is 0 Å². The molecule has 0 bridgehead atoms. The molecule has 0 aliphatic carbocycles. The maximum Gasteiger partial charge on any atom is 0.410 e. The molecule has 0 aromatic carbocycles. The number of nitrogens with zero attached hydrogens (tertiary/aromatic N) is 2. The van der Waals surface area contributed by atoms with Crippen LogP contribution in [0.1, 0.15) is 26.7 Å². The molecule has 0 aromatic heterocycles. The summed E-state index contributed by atoms with van der Waals surface area (Å²) in [6, 6.07) is 0. The SMILES string of the molecule is CC(C)OC(=O)N1CCC(CN(C)C)CC1. The molecule has 0 N–H and O–H groups in total. The standard InChI is InChI=1S/C12H24N2O2/c1-10(2)16-12(15)14-7-5-11(6-8-14)9-13(3)4/h10-11H,5-9H2,1-4H3. The highest BCUT2D eigenvalue weighted by Gasteiger charge is 2.24. The lowest BCUT2D eigenvalue weighted by molar-refractivity contribution is 0.0634. The molecule has 0 aromatic rings. The normalized spacial score (nSPS) is 18.2. The minimum atomic E-state index is -0.154. The highest BCUT2D eigenvalue weighted by molar-refractivity contribution is 5.67. The van der Waals surface area contributed by atoms with Crippen LogP contribution in [0.4, 0.5) is 4.79 Å². The average molecular weight is 228 g/mol. The zero-order chi connectivity index (χ0) is 12.1. The van der Waals surface area contributed by atoms with Gasteiger partial charge in [-0.25, -0.2) is 4.79 Å². The van der Waals surface area contributed by atoms with Gasteiger partial charge in [-0.15, -0.1) is 0 Å². The lowest BCUT2D eigenvalue weighted by Crippen LogP contribution is -2.41. The Balaban J connectivity index is 2.28. The summed E-state index contributed by atoms with van der Waals surface area (Å²) < 4.78 is 5.18. The van der Waals surface area contributed by atoms with Gasteiger partial charge in [0.2, 0.25) is 0 Å². The molecule has 94 valence electrons. The molecule has 0 radical (unpaired) electrons. The molecule has 1 heterocycles. The summed E-state index contributed by atoms with van der Waals surface area (Å²) in [5.41, 5.74) is 0. The minimum absolute atomic E-state index is 0.0213. The van der Waals surface area contributed by atoms with Crippen molar-refractivity contribution in [2.45, 2.75) is 32.8 Å². The van der Waals surface area contributed by atoms with Gasteiger partial charge in [0.05, 0.1) is 6.10 Å². The molecule has 1 amide bonds. The maximum absolute atomic E-state index is 11.6. The maximum atomic E-state index is 11.6. The van der Waals surface area contributed by atoms with Crippen LogP contribution in [-0.2, 0) is 4.74 Å². The van der Waals surface area contributed by atoms with Gasteiger partial charge in [0.25, 0.3) is 0 Å². The molecule has 0 spiro atoms. The fourth-order valence-electron chi connectivity index (χ4n) is 2.09. The molecular formula is C12H24N2O2. The Morgan fingerprint density at radius 2 is 1.94 bits per heavy atom. The Hall–Kier alpha value is -0.770. The van der Waals surface area contributed by atoms with Gasteiger partial charge in [-0.05, 0) is 46.7 Å². The summed E-state index contributed by atoms with van der Waals surface area (Å²) in [5, 5.41) is 0. The van der Waals surface area contributed by atoms with Crippen LogP contribution in [0.3, 0.4) is 0 Å². The van der Waals surface area contributed by atoms with E-state index in [-0.39, 0.29) is 12.2 Å². The molecule has 16 heavy (non-hydrogen) atoms. The summed E-state index contributed by atoms with van der Waals surface area (Å²) in [6.45, 7) is 6.56. The topological polar surface area (TPSA) is 32.8 Å². The monoisotopic (exact) mass is 228 g/mol. The van der Waals surface area contributed by atoms with E-state index in [1.807, 2.05) is 18.7 Å². The summed E-state index contributed by atoms with van der Waals surface area (Å²) in [5.74, 6) is 0.720. The molecule has 0 atom stereocenters. The van der Waals surface area contributed by atoms with Crippen LogP contribution in [-0.4, -0.2) is 55.7 Å². The van der Waals surface area contributed by atoms with E-state index < -0.39 is 0 Å². The van der Waals surface area contributed by atoms with E-state index in [0.29, 0.717) is 0 Å². The van der Waals surface area contributed by atoms with Crippen LogP contribution in [0.15, 0.2) is 0 Å². The highest BCUT2D eigenvalue weighted by atomic mass is 16.6. The van der Waals surface area contributed by atoms with Crippen molar-refractivity contribution in [3.05, 3.63) is 0 Å². The van der Waals surface area contributed by atoms with E-state index in [9.17, 15) is 4.79 Å². The van der Waals surface area contributed by atoms with Crippen molar-refractivity contribution < 1.29 is 9.53 Å². The molecule has 1 fully saturated rings. The highest BCUT2D eigenvalue weighted by Crippen LogP contribution is 2.18. The largest absolute Gasteiger partial charge is 0.447 e. The number of ether oxygens (including phenoxy) is 1. The zero-order valence-corrected chi connectivity index (χ0v) is 10.9. The number of likely N-dealkylation sites (tertiary alicyclic amines) is 1. The zero-order valence-electron chi connectivity index (χ0n) is 10.9. The second-order valence-corrected chi connectivity index (χ2v) is 5.13. The second kappa shape index (κ2) is 6.09. The molecule has 0 unspecified atom stereocenters. The molecule has 1 aliphatic rings. The van der Waals surface area contributed by atoms with Gasteiger partial charge in [0, 0.05) is 19.6 Å². The Morgan fingerprint density at radius 3 is 2.38 bits per heavy atom. The lowest BCUT2D eigenvalue weighted by Gasteiger charge is -2.32. The Labute approximate surface area is 98.5 Å². The van der Waals surface area contributed by atoms with E-state index in [1.54, 1.807) is 0 Å². The first-order valence-electron chi connectivity index (χ1n) is 6.09. The molecule has 1 rings (SSSR count). The van der Waals surface area contributed by atoms with E-state index in [4.69, 9.17) is 4.74 Å². The lowest BCUT2D eigenvalue weighted by atomic mass is 9.97. The number of hydrogen-bond acceptors (Lipinski definition) is 3. The summed E-state index contributed by atoms with van der Waals surface area (Å²) >= 11 is 0. The van der Waals surface area contributed by atoms with Crippen LogP contribution in [0.5, 0.6) is 0 Å². The predicted molar refractivity (Wildman–Crippen MR) is 64.5 cm³/mol. The van der Waals surface area contributed by atoms with Crippen LogP contribution in [0.25, 0.3) is 0 Å². The molecule has 4 heteroatoms. The van der Waals surface area contributed by atoms with Crippen LogP contribution in [0.2, 0.25) is 0 Å². The van der Waals surface area contributed by atoms with E-state index in [0.717, 1.165) is 38.4 Å². The van der Waals surface area contributed by atoms with Gasteiger partial charge in [-0.1, -0.05) is 0 Å². The van der Waals surface area contributed by atoms with Gasteiger partial charge >= 0.3 is 6.09 Å². The van der Waals surface area contributed by atoms with Gasteiger partial charge in [-0.2, -0.15) is 0 Å². The van der Waals surface area contributed by atoms with Crippen molar-refractivity contribution in [3.8, 4) is 0 Å². The van der Waals surface area contributed by atoms with Crippen molar-refractivity contribution >= 4 is 6.09 Å². The molecular weight excluding hydrogens is 204 g/mol. The number of piperidine rings is 1. The molecule has 1 saturated heterocycles. The first-order chi connectivity index (χ1) is 7.49. The number of carbonyl (C=O) groups is 1. The first-order valence-corrected chi connectivity index (χ1v) is 6.09. The second-order valence-electron chi connectivity index (χ2n) is 5.13. The van der Waals surface area contributed by atoms with Gasteiger partial charge in [0.15, 0.2) is 0 Å². The van der Waals surface area contributed by atoms with Gasteiger partial charge < -0.3 is 14.5 Å². The first kappa shape index (κ1) is 13.3. The van der Waals surface area contributed by atoms with Gasteiger partial charge in [-0.3, -0.25) is 0 Å². The number of hydrogen-bond donors (Lipinski definition) is 0. The van der Waals surface area contributed by atoms with Crippen molar-refractivity contribution in [2.24, 2.45) is 5.92 Å². The molecule has 4 nitrogen and oxygen atoms in total. The van der Waals surface area contributed by atoms with Crippen LogP contribution in [0, 0.1) is 5.92 Å². The third-order valence-electron chi connectivity index (χ3n) is 2.83. The Bertz CT molecular complexity index is 221. The van der Waals surface area contributed by atoms with E-state index in [2.05, 4.69) is 19.0 Å². The Kier molecular flexibility index (Phi) is 5.06. The smallest absolute Gasteiger partial charge is 0.410 e. The predicted octanol–water partition coefficient (Wildman–Crippen LogP) is 1.81. The quantitative estimate of drug-likeness (QED) is 0.738. The van der Waals surface area contributed by atoms with E-state index in [1.165, 1.54) is 0 Å². The summed E-state index contributed by atoms with van der Waals surface area (Å²) in [7, 11) is 4.19. The summed E-state index contributed by atoms with van der Waals surface area (Å²) in [4.78, 5) is 15.7. The fourth-order valence-corrected chi connectivity index (χ4v) is 2.09. The van der Waals surface area contributed by atoms with Crippen molar-refractivity contribution in [1.29, 1.82) is 0 Å². The third kappa shape index (κ3) is 4.39. The molecule has 0 saturated carbocycles. The third-order valence-corrected chi connectivity index (χ3v) is 2.83. The number of rotatable bonds is 3. The number of carbonyl (C=O) groups excluding carboxylic acids is 1. The van der Waals surface area contributed by atoms with Crippen molar-refractivity contribution in [3.63, 3.8) is 0 Å². The van der Waals surface area contributed by atoms with Crippen molar-refractivity contribution in [1.82, 2.24) is 9.80 Å². The number of amides is 1. The van der Waals surface area contributed by atoms with Gasteiger partial charge in [0.1, 0.15) is 0 Å².